The fourth-order valence-corrected chi connectivity index (χ4v) is 2.64. The van der Waals surface area contributed by atoms with E-state index < -0.39 is 0 Å². The second-order valence-electron chi connectivity index (χ2n) is 3.32. The van der Waals surface area contributed by atoms with Crippen molar-refractivity contribution < 1.29 is 0 Å². The van der Waals surface area contributed by atoms with E-state index in [0.717, 1.165) is 22.4 Å². The molecule has 0 amide bonds. The molecule has 1 N–H and O–H groups in total. The van der Waals surface area contributed by atoms with Crippen molar-refractivity contribution >= 4 is 27.5 Å². The minimum atomic E-state index is 0.0330. The number of aromatic nitrogens is 4. The van der Waals surface area contributed by atoms with Crippen molar-refractivity contribution in [1.29, 1.82) is 0 Å². The lowest BCUT2D eigenvalue weighted by Gasteiger charge is -2.16. The Hall–Kier alpha value is -0.790. The Bertz CT molecular complexity index is 433. The molecule has 0 bridgehead atoms. The molecule has 2 aromatic rings. The molecule has 1 atom stereocenters. The van der Waals surface area contributed by atoms with Crippen molar-refractivity contribution in [2.75, 3.05) is 6.54 Å². The van der Waals surface area contributed by atoms with Crippen LogP contribution in [0.15, 0.2) is 16.0 Å². The molecule has 0 aromatic carbocycles. The maximum Gasteiger partial charge on any atom is 0.0986 e. The molecule has 0 radical (unpaired) electrons. The summed E-state index contributed by atoms with van der Waals surface area (Å²) in [5.41, 5.74) is 1.99. The highest BCUT2D eigenvalue weighted by Crippen LogP contribution is 2.27. The van der Waals surface area contributed by atoms with Gasteiger partial charge in [-0.05, 0) is 34.0 Å². The topological polar surface area (TPSA) is 55.6 Å². The zero-order valence-electron chi connectivity index (χ0n) is 9.01. The minimum absolute atomic E-state index is 0.0330. The molecule has 0 spiro atoms. The molecule has 2 heterocycles. The molecule has 2 aromatic heterocycles. The summed E-state index contributed by atoms with van der Waals surface area (Å²) in [5.74, 6) is 0. The summed E-state index contributed by atoms with van der Waals surface area (Å²) in [6.45, 7) is 2.93. The number of aryl methyl sites for hydroxylation is 1. The standard InChI is InChI=1S/C9H12BrN5S/c1-3-11-8(7-5-16-14-13-7)9-6(10)4-12-15(9)2/h4-5,8,11H,3H2,1-2H3. The minimum Gasteiger partial charge on any atom is -0.304 e. The van der Waals surface area contributed by atoms with Crippen LogP contribution in [0.1, 0.15) is 24.4 Å². The Balaban J connectivity index is 2.40. The highest BCUT2D eigenvalue weighted by atomic mass is 79.9. The average molecular weight is 302 g/mol. The van der Waals surface area contributed by atoms with Crippen LogP contribution < -0.4 is 5.32 Å². The molecular formula is C9H12BrN5S. The molecule has 0 aliphatic rings. The zero-order chi connectivity index (χ0) is 11.5. The Morgan fingerprint density at radius 3 is 2.94 bits per heavy atom. The van der Waals surface area contributed by atoms with E-state index in [1.807, 2.05) is 17.1 Å². The van der Waals surface area contributed by atoms with Gasteiger partial charge in [0.15, 0.2) is 0 Å². The fourth-order valence-electron chi connectivity index (χ4n) is 1.59. The molecule has 86 valence electrons. The van der Waals surface area contributed by atoms with Crippen molar-refractivity contribution in [2.24, 2.45) is 7.05 Å². The van der Waals surface area contributed by atoms with Crippen LogP contribution in [0.3, 0.4) is 0 Å². The number of nitrogens with one attached hydrogen (secondary N) is 1. The van der Waals surface area contributed by atoms with Crippen LogP contribution in [0.4, 0.5) is 0 Å². The van der Waals surface area contributed by atoms with E-state index in [0.29, 0.717) is 0 Å². The van der Waals surface area contributed by atoms with Crippen molar-refractivity contribution in [1.82, 2.24) is 24.7 Å². The largest absolute Gasteiger partial charge is 0.304 e. The van der Waals surface area contributed by atoms with Crippen LogP contribution in [-0.2, 0) is 7.05 Å². The van der Waals surface area contributed by atoms with E-state index in [1.165, 1.54) is 11.5 Å². The van der Waals surface area contributed by atoms with Gasteiger partial charge in [0, 0.05) is 12.4 Å². The number of nitrogens with zero attached hydrogens (tertiary/aromatic N) is 4. The number of hydrogen-bond donors (Lipinski definition) is 1. The lowest BCUT2D eigenvalue weighted by molar-refractivity contribution is 0.559. The molecule has 0 saturated carbocycles. The Kier molecular flexibility index (Phi) is 3.67. The Morgan fingerprint density at radius 2 is 2.44 bits per heavy atom. The predicted octanol–water partition coefficient (Wildman–Crippen LogP) is 1.73. The van der Waals surface area contributed by atoms with Gasteiger partial charge in [-0.25, -0.2) is 0 Å². The lowest BCUT2D eigenvalue weighted by Crippen LogP contribution is -2.25. The quantitative estimate of drug-likeness (QED) is 0.934. The van der Waals surface area contributed by atoms with Gasteiger partial charge >= 0.3 is 0 Å². The molecule has 0 saturated heterocycles. The Morgan fingerprint density at radius 1 is 1.62 bits per heavy atom. The highest BCUT2D eigenvalue weighted by molar-refractivity contribution is 9.10. The highest BCUT2D eigenvalue weighted by Gasteiger charge is 2.21. The lowest BCUT2D eigenvalue weighted by atomic mass is 10.1. The van der Waals surface area contributed by atoms with Crippen LogP contribution in [0.25, 0.3) is 0 Å². The molecule has 0 aliphatic heterocycles. The smallest absolute Gasteiger partial charge is 0.0986 e. The van der Waals surface area contributed by atoms with E-state index in [2.05, 4.69) is 42.9 Å². The van der Waals surface area contributed by atoms with Crippen molar-refractivity contribution in [3.05, 3.63) is 27.4 Å². The first kappa shape index (κ1) is 11.7. The number of hydrogen-bond acceptors (Lipinski definition) is 5. The monoisotopic (exact) mass is 301 g/mol. The van der Waals surface area contributed by atoms with Gasteiger partial charge in [0.25, 0.3) is 0 Å². The van der Waals surface area contributed by atoms with E-state index in [1.54, 1.807) is 6.20 Å². The van der Waals surface area contributed by atoms with Gasteiger partial charge in [-0.3, -0.25) is 4.68 Å². The first-order valence-corrected chi connectivity index (χ1v) is 6.54. The molecule has 1 unspecified atom stereocenters. The van der Waals surface area contributed by atoms with Gasteiger partial charge in [-0.15, -0.1) is 5.10 Å². The summed E-state index contributed by atoms with van der Waals surface area (Å²) < 4.78 is 6.73. The fraction of sp³-hybridized carbons (Fsp3) is 0.444. The molecular weight excluding hydrogens is 290 g/mol. The summed E-state index contributed by atoms with van der Waals surface area (Å²) in [6, 6.07) is 0.0330. The van der Waals surface area contributed by atoms with Gasteiger partial charge in [0.05, 0.1) is 28.1 Å². The SMILES string of the molecule is CCNC(c1csnn1)c1c(Br)cnn1C. The third-order valence-corrected chi connectivity index (χ3v) is 3.43. The van der Waals surface area contributed by atoms with Crippen LogP contribution in [0, 0.1) is 0 Å². The molecule has 0 fully saturated rings. The van der Waals surface area contributed by atoms with Gasteiger partial charge in [0.1, 0.15) is 0 Å². The summed E-state index contributed by atoms with van der Waals surface area (Å²) in [5, 5.41) is 13.7. The molecule has 5 nitrogen and oxygen atoms in total. The van der Waals surface area contributed by atoms with Crippen molar-refractivity contribution in [2.45, 2.75) is 13.0 Å². The van der Waals surface area contributed by atoms with Crippen LogP contribution >= 0.6 is 27.5 Å². The zero-order valence-corrected chi connectivity index (χ0v) is 11.4. The first-order chi connectivity index (χ1) is 7.74. The van der Waals surface area contributed by atoms with Crippen LogP contribution in [0.2, 0.25) is 0 Å². The predicted molar refractivity (Wildman–Crippen MR) is 66.3 cm³/mol. The molecule has 0 aliphatic carbocycles. The molecule has 7 heteroatoms. The second-order valence-corrected chi connectivity index (χ2v) is 4.79. The van der Waals surface area contributed by atoms with Gasteiger partial charge < -0.3 is 5.32 Å². The summed E-state index contributed by atoms with van der Waals surface area (Å²) in [6.07, 6.45) is 1.79. The number of halogens is 1. The maximum atomic E-state index is 4.21. The third kappa shape index (κ3) is 2.16. The normalized spacial score (nSPS) is 12.9. The first-order valence-electron chi connectivity index (χ1n) is 4.91. The van der Waals surface area contributed by atoms with Gasteiger partial charge in [-0.2, -0.15) is 5.10 Å². The third-order valence-electron chi connectivity index (χ3n) is 2.29. The van der Waals surface area contributed by atoms with Crippen molar-refractivity contribution in [3.8, 4) is 0 Å². The molecule has 2 rings (SSSR count). The van der Waals surface area contributed by atoms with Crippen molar-refractivity contribution in [3.63, 3.8) is 0 Å². The van der Waals surface area contributed by atoms with Crippen LogP contribution in [-0.4, -0.2) is 25.9 Å². The van der Waals surface area contributed by atoms with E-state index in [4.69, 9.17) is 0 Å². The van der Waals surface area contributed by atoms with E-state index in [-0.39, 0.29) is 6.04 Å². The maximum absolute atomic E-state index is 4.21. The van der Waals surface area contributed by atoms with Gasteiger partial charge in [0.2, 0.25) is 0 Å². The number of rotatable bonds is 4. The summed E-state index contributed by atoms with van der Waals surface area (Å²) in [4.78, 5) is 0. The molecule has 16 heavy (non-hydrogen) atoms. The summed E-state index contributed by atoms with van der Waals surface area (Å²) in [7, 11) is 1.92. The average Bonchev–Trinajstić information content (AvgIpc) is 2.87. The van der Waals surface area contributed by atoms with Crippen LogP contribution in [0.5, 0.6) is 0 Å². The summed E-state index contributed by atoms with van der Waals surface area (Å²) >= 11 is 4.86. The Labute approximate surface area is 106 Å². The van der Waals surface area contributed by atoms with E-state index in [9.17, 15) is 0 Å². The second kappa shape index (κ2) is 5.03. The van der Waals surface area contributed by atoms with Gasteiger partial charge in [-0.1, -0.05) is 11.4 Å². The van der Waals surface area contributed by atoms with E-state index >= 15 is 0 Å².